The summed E-state index contributed by atoms with van der Waals surface area (Å²) >= 11 is 0. The van der Waals surface area contributed by atoms with Crippen LogP contribution in [0.25, 0.3) is 0 Å². The monoisotopic (exact) mass is 182 g/mol. The molecule has 0 amide bonds. The number of carboxylic acid groups (broad SMARTS) is 1. The Hall–Kier alpha value is -0.680. The minimum absolute atomic E-state index is 0.420. The average Bonchev–Trinajstić information content (AvgIpc) is 1.78. The van der Waals surface area contributed by atoms with Crippen molar-refractivity contribution in [1.82, 2.24) is 0 Å². The zero-order chi connectivity index (χ0) is 8.91. The van der Waals surface area contributed by atoms with Crippen molar-refractivity contribution in [1.29, 1.82) is 0 Å². The topological polar surface area (TPSA) is 104 Å². The predicted molar refractivity (Wildman–Crippen MR) is 34.8 cm³/mol. The second kappa shape index (κ2) is 4.25. The Kier molecular flexibility index (Phi) is 3.99. The van der Waals surface area contributed by atoms with E-state index in [1.165, 1.54) is 0 Å². The molecule has 0 radical (unpaired) electrons. The summed E-state index contributed by atoms with van der Waals surface area (Å²) in [7, 11) is -4.47. The number of phosphoric acid groups is 1. The number of carbonyl (C=O) groups is 1. The van der Waals surface area contributed by atoms with Gasteiger partial charge < -0.3 is 14.9 Å². The quantitative estimate of drug-likeness (QED) is 0.408. The van der Waals surface area contributed by atoms with Gasteiger partial charge in [0.1, 0.15) is 0 Å². The number of rotatable bonds is 4. The summed E-state index contributed by atoms with van der Waals surface area (Å²) in [6, 6.07) is 0. The molecule has 0 fully saturated rings. The van der Waals surface area contributed by atoms with Gasteiger partial charge in [0.05, 0.1) is 6.61 Å². The molecule has 0 aromatic rings. The fourth-order valence-corrected chi connectivity index (χ4v) is 0.569. The van der Waals surface area contributed by atoms with E-state index in [9.17, 15) is 9.36 Å². The summed E-state index contributed by atoms with van der Waals surface area (Å²) < 4.78 is 13.9. The first-order valence-corrected chi connectivity index (χ1v) is 4.04. The maximum atomic E-state index is 9.97. The molecule has 0 aliphatic heterocycles. The van der Waals surface area contributed by atoms with Crippen molar-refractivity contribution >= 4 is 13.8 Å². The van der Waals surface area contributed by atoms with Crippen molar-refractivity contribution in [2.24, 2.45) is 0 Å². The predicted octanol–water partition coefficient (Wildman–Crippen LogP) is -0.264. The van der Waals surface area contributed by atoms with Crippen LogP contribution in [0.2, 0.25) is 0 Å². The van der Waals surface area contributed by atoms with Gasteiger partial charge in [-0.05, 0) is 0 Å². The molecule has 0 rings (SSSR count). The largest absolute Gasteiger partial charge is 0.478 e. The summed E-state index contributed by atoms with van der Waals surface area (Å²) in [4.78, 5) is 26.0. The third-order valence-corrected chi connectivity index (χ3v) is 1.08. The lowest BCUT2D eigenvalue weighted by atomic mass is 10.5. The lowest BCUT2D eigenvalue weighted by Crippen LogP contribution is -1.91. The summed E-state index contributed by atoms with van der Waals surface area (Å²) in [6.07, 6.45) is 1.72. The fraction of sp³-hybridized carbons (Fsp3) is 0.250. The van der Waals surface area contributed by atoms with Crippen LogP contribution in [0.4, 0.5) is 0 Å². The Balaban J connectivity index is 3.59. The Labute approximate surface area is 62.4 Å². The molecular weight excluding hydrogens is 175 g/mol. The molecular formula is C4H7O6P. The van der Waals surface area contributed by atoms with E-state index in [1.54, 1.807) is 0 Å². The maximum Gasteiger partial charge on any atom is 0.469 e. The zero-order valence-corrected chi connectivity index (χ0v) is 6.27. The van der Waals surface area contributed by atoms with Crippen molar-refractivity contribution in [3.05, 3.63) is 12.2 Å². The number of carboxylic acids is 1. The van der Waals surface area contributed by atoms with Gasteiger partial charge >= 0.3 is 13.8 Å². The molecule has 3 N–H and O–H groups in total. The SMILES string of the molecule is O=C(O)C=CCOP(=O)(O)O. The molecule has 0 aromatic carbocycles. The van der Waals surface area contributed by atoms with Gasteiger partial charge in [-0.25, -0.2) is 9.36 Å². The summed E-state index contributed by atoms with van der Waals surface area (Å²) in [5.74, 6) is -1.20. The molecule has 0 aliphatic carbocycles. The van der Waals surface area contributed by atoms with Crippen LogP contribution in [0.5, 0.6) is 0 Å². The second-order valence-corrected chi connectivity index (χ2v) is 2.77. The van der Waals surface area contributed by atoms with Crippen LogP contribution in [-0.4, -0.2) is 27.5 Å². The molecule has 0 atom stereocenters. The van der Waals surface area contributed by atoms with Gasteiger partial charge in [0.15, 0.2) is 0 Å². The van der Waals surface area contributed by atoms with Crippen LogP contribution < -0.4 is 0 Å². The van der Waals surface area contributed by atoms with Gasteiger partial charge in [0, 0.05) is 6.08 Å². The third kappa shape index (κ3) is 9.32. The van der Waals surface area contributed by atoms with Gasteiger partial charge in [-0.15, -0.1) is 0 Å². The maximum absolute atomic E-state index is 9.97. The van der Waals surface area contributed by atoms with Crippen LogP contribution in [-0.2, 0) is 13.9 Å². The third-order valence-electron chi connectivity index (χ3n) is 0.599. The van der Waals surface area contributed by atoms with Crippen LogP contribution in [0.3, 0.4) is 0 Å². The number of hydrogen-bond donors (Lipinski definition) is 3. The van der Waals surface area contributed by atoms with Crippen molar-refractivity contribution < 1.29 is 28.8 Å². The highest BCUT2D eigenvalue weighted by Gasteiger charge is 2.11. The van der Waals surface area contributed by atoms with E-state index in [-0.39, 0.29) is 0 Å². The first-order valence-electron chi connectivity index (χ1n) is 2.51. The normalized spacial score (nSPS) is 12.2. The van der Waals surface area contributed by atoms with E-state index in [0.717, 1.165) is 12.2 Å². The van der Waals surface area contributed by atoms with Crippen molar-refractivity contribution in [2.75, 3.05) is 6.61 Å². The summed E-state index contributed by atoms with van der Waals surface area (Å²) in [5.41, 5.74) is 0. The molecule has 0 heterocycles. The van der Waals surface area contributed by atoms with Crippen molar-refractivity contribution in [2.45, 2.75) is 0 Å². The molecule has 64 valence electrons. The van der Waals surface area contributed by atoms with E-state index in [0.29, 0.717) is 0 Å². The van der Waals surface area contributed by atoms with Crippen LogP contribution in [0, 0.1) is 0 Å². The second-order valence-electron chi connectivity index (χ2n) is 1.53. The van der Waals surface area contributed by atoms with Gasteiger partial charge in [-0.1, -0.05) is 6.08 Å². The molecule has 0 spiro atoms. The standard InChI is InChI=1S/C4H7O6P/c5-4(6)2-1-3-10-11(7,8)9/h1-2H,3H2,(H,5,6)(H2,7,8,9). The number of aliphatic carboxylic acids is 1. The number of hydrogen-bond acceptors (Lipinski definition) is 3. The van der Waals surface area contributed by atoms with Crippen molar-refractivity contribution in [3.8, 4) is 0 Å². The van der Waals surface area contributed by atoms with Gasteiger partial charge in [-0.2, -0.15) is 0 Å². The Bertz CT molecular complexity index is 203. The van der Waals surface area contributed by atoms with Gasteiger partial charge in [0.2, 0.25) is 0 Å². The first kappa shape index (κ1) is 10.3. The highest BCUT2D eigenvalue weighted by molar-refractivity contribution is 7.46. The smallest absolute Gasteiger partial charge is 0.469 e. The number of phosphoric ester groups is 1. The zero-order valence-electron chi connectivity index (χ0n) is 5.38. The van der Waals surface area contributed by atoms with E-state index >= 15 is 0 Å². The average molecular weight is 182 g/mol. The molecule has 0 saturated carbocycles. The Morgan fingerprint density at radius 2 is 2.09 bits per heavy atom. The molecule has 7 heteroatoms. The molecule has 0 saturated heterocycles. The molecule has 11 heavy (non-hydrogen) atoms. The van der Waals surface area contributed by atoms with E-state index in [4.69, 9.17) is 14.9 Å². The van der Waals surface area contributed by atoms with Crippen LogP contribution in [0.1, 0.15) is 0 Å². The molecule has 0 unspecified atom stereocenters. The van der Waals surface area contributed by atoms with E-state index < -0.39 is 20.4 Å². The fourth-order valence-electron chi connectivity index (χ4n) is 0.289. The highest BCUT2D eigenvalue weighted by atomic mass is 31.2. The highest BCUT2D eigenvalue weighted by Crippen LogP contribution is 2.35. The van der Waals surface area contributed by atoms with Gasteiger partial charge in [0.25, 0.3) is 0 Å². The van der Waals surface area contributed by atoms with E-state index in [1.807, 2.05) is 0 Å². The van der Waals surface area contributed by atoms with E-state index in [2.05, 4.69) is 4.52 Å². The van der Waals surface area contributed by atoms with Crippen LogP contribution >= 0.6 is 7.82 Å². The Morgan fingerprint density at radius 3 is 2.45 bits per heavy atom. The minimum Gasteiger partial charge on any atom is -0.478 e. The summed E-state index contributed by atoms with van der Waals surface area (Å²) in [6.45, 7) is -0.420. The van der Waals surface area contributed by atoms with Crippen molar-refractivity contribution in [3.63, 3.8) is 0 Å². The lowest BCUT2D eigenvalue weighted by Gasteiger charge is -1.99. The molecule has 0 bridgehead atoms. The lowest BCUT2D eigenvalue weighted by molar-refractivity contribution is -0.131. The minimum atomic E-state index is -4.47. The molecule has 0 aliphatic rings. The molecule has 0 aromatic heterocycles. The van der Waals surface area contributed by atoms with Gasteiger partial charge in [-0.3, -0.25) is 4.52 Å². The summed E-state index contributed by atoms with van der Waals surface area (Å²) in [5, 5.41) is 8.01. The van der Waals surface area contributed by atoms with Crippen LogP contribution in [0.15, 0.2) is 12.2 Å². The molecule has 6 nitrogen and oxygen atoms in total. The first-order chi connectivity index (χ1) is 4.92. The Morgan fingerprint density at radius 1 is 1.55 bits per heavy atom.